The third-order valence-corrected chi connectivity index (χ3v) is 5.84. The number of benzene rings is 2. The first-order valence-corrected chi connectivity index (χ1v) is 10.5. The second-order valence-corrected chi connectivity index (χ2v) is 7.86. The molecule has 0 atom stereocenters. The number of aromatic nitrogens is 2. The lowest BCUT2D eigenvalue weighted by Crippen LogP contribution is -2.46. The highest BCUT2D eigenvalue weighted by Gasteiger charge is 2.29. The minimum absolute atomic E-state index is 0.322. The zero-order valence-corrected chi connectivity index (χ0v) is 17.3. The highest BCUT2D eigenvalue weighted by Crippen LogP contribution is 2.29. The van der Waals surface area contributed by atoms with Crippen LogP contribution < -0.4 is 16.6 Å². The fraction of sp³-hybridized carbons (Fsp3) is 0.304. The van der Waals surface area contributed by atoms with E-state index in [1.54, 1.807) is 24.3 Å². The standard InChI is InChI=1S/C23H23N3O6/c27-18(28)13-24-20(29)19-21(30)25(15-9-2-1-3-10-15)23(32)26(22(19)31)17-12-6-8-14-7-4-5-11-16(14)17/h4-8,11-12,15,31H,1-3,9-10,13H2,(H,24,29)(H,27,28). The average Bonchev–Trinajstić information content (AvgIpc) is 2.78. The summed E-state index contributed by atoms with van der Waals surface area (Å²) >= 11 is 0. The van der Waals surface area contributed by atoms with Gasteiger partial charge in [0.2, 0.25) is 5.88 Å². The molecular formula is C23H23N3O6. The van der Waals surface area contributed by atoms with Gasteiger partial charge in [0.1, 0.15) is 6.54 Å². The van der Waals surface area contributed by atoms with Gasteiger partial charge in [-0.05, 0) is 24.3 Å². The van der Waals surface area contributed by atoms with Gasteiger partial charge in [0.15, 0.2) is 5.56 Å². The van der Waals surface area contributed by atoms with Crippen molar-refractivity contribution in [1.82, 2.24) is 14.5 Å². The second kappa shape index (κ2) is 8.70. The predicted octanol–water partition coefficient (Wildman–Crippen LogP) is 2.18. The zero-order chi connectivity index (χ0) is 22.8. The molecule has 2 aromatic carbocycles. The molecule has 0 saturated heterocycles. The molecule has 9 heteroatoms. The molecule has 1 amide bonds. The molecule has 9 nitrogen and oxygen atoms in total. The van der Waals surface area contributed by atoms with Crippen LogP contribution >= 0.6 is 0 Å². The maximum atomic E-state index is 13.5. The highest BCUT2D eigenvalue weighted by atomic mass is 16.4. The van der Waals surface area contributed by atoms with Crippen molar-refractivity contribution in [2.45, 2.75) is 38.1 Å². The van der Waals surface area contributed by atoms with Gasteiger partial charge in [-0.1, -0.05) is 55.7 Å². The fourth-order valence-electron chi connectivity index (χ4n) is 4.34. The van der Waals surface area contributed by atoms with Crippen LogP contribution in [0.3, 0.4) is 0 Å². The van der Waals surface area contributed by atoms with Crippen LogP contribution in [0, 0.1) is 0 Å². The van der Waals surface area contributed by atoms with E-state index in [1.165, 1.54) is 0 Å². The summed E-state index contributed by atoms with van der Waals surface area (Å²) in [6, 6.07) is 12.0. The van der Waals surface area contributed by atoms with E-state index < -0.39 is 47.2 Å². The van der Waals surface area contributed by atoms with Crippen molar-refractivity contribution in [3.8, 4) is 11.6 Å². The van der Waals surface area contributed by atoms with Gasteiger partial charge in [0, 0.05) is 11.4 Å². The molecule has 3 N–H and O–H groups in total. The van der Waals surface area contributed by atoms with E-state index in [2.05, 4.69) is 5.32 Å². The Bertz CT molecular complexity index is 1310. The topological polar surface area (TPSA) is 131 Å². The van der Waals surface area contributed by atoms with Crippen LogP contribution in [0.15, 0.2) is 52.1 Å². The number of fused-ring (bicyclic) bond motifs is 1. The summed E-state index contributed by atoms with van der Waals surface area (Å²) in [5, 5.41) is 23.4. The van der Waals surface area contributed by atoms with Crippen molar-refractivity contribution in [3.63, 3.8) is 0 Å². The molecule has 166 valence electrons. The molecular weight excluding hydrogens is 414 g/mol. The Hall–Kier alpha value is -3.88. The van der Waals surface area contributed by atoms with E-state index in [0.717, 1.165) is 33.8 Å². The van der Waals surface area contributed by atoms with Gasteiger partial charge in [-0.15, -0.1) is 0 Å². The number of aromatic hydroxyl groups is 1. The normalized spacial score (nSPS) is 14.4. The third kappa shape index (κ3) is 3.77. The molecule has 0 unspecified atom stereocenters. The molecule has 0 aliphatic heterocycles. The molecule has 3 aromatic rings. The molecule has 0 spiro atoms. The second-order valence-electron chi connectivity index (χ2n) is 7.86. The van der Waals surface area contributed by atoms with Crippen molar-refractivity contribution in [3.05, 3.63) is 68.9 Å². The first kappa shape index (κ1) is 21.4. The van der Waals surface area contributed by atoms with Gasteiger partial charge >= 0.3 is 11.7 Å². The quantitative estimate of drug-likeness (QED) is 0.561. The van der Waals surface area contributed by atoms with Gasteiger partial charge in [0.05, 0.1) is 5.69 Å². The number of amides is 1. The number of nitrogens with one attached hydrogen (secondary N) is 1. The first-order chi connectivity index (χ1) is 15.4. The van der Waals surface area contributed by atoms with Crippen molar-refractivity contribution in [2.24, 2.45) is 0 Å². The number of carbonyl (C=O) groups excluding carboxylic acids is 1. The van der Waals surface area contributed by atoms with E-state index in [9.17, 15) is 24.3 Å². The predicted molar refractivity (Wildman–Crippen MR) is 118 cm³/mol. The van der Waals surface area contributed by atoms with Crippen LogP contribution in [-0.4, -0.2) is 37.8 Å². The lowest BCUT2D eigenvalue weighted by atomic mass is 9.95. The molecule has 1 heterocycles. The Labute approximate surface area is 182 Å². The van der Waals surface area contributed by atoms with Gasteiger partial charge < -0.3 is 15.5 Å². The number of rotatable bonds is 5. The SMILES string of the molecule is O=C(O)CNC(=O)c1c(O)n(-c2cccc3ccccc23)c(=O)n(C2CCCCC2)c1=O. The lowest BCUT2D eigenvalue weighted by molar-refractivity contribution is -0.135. The van der Waals surface area contributed by atoms with E-state index in [1.807, 2.05) is 18.2 Å². The summed E-state index contributed by atoms with van der Waals surface area (Å²) in [5.74, 6) is -3.16. The Kier molecular flexibility index (Phi) is 5.81. The molecule has 1 saturated carbocycles. The summed E-state index contributed by atoms with van der Waals surface area (Å²) in [5.41, 5.74) is -1.98. The van der Waals surface area contributed by atoms with Crippen LogP contribution in [0.2, 0.25) is 0 Å². The monoisotopic (exact) mass is 437 g/mol. The van der Waals surface area contributed by atoms with Gasteiger partial charge in [-0.25, -0.2) is 9.36 Å². The van der Waals surface area contributed by atoms with Gasteiger partial charge in [0.25, 0.3) is 11.5 Å². The molecule has 1 fully saturated rings. The molecule has 0 bridgehead atoms. The molecule has 1 aliphatic rings. The summed E-state index contributed by atoms with van der Waals surface area (Å²) < 4.78 is 2.00. The molecule has 1 aromatic heterocycles. The minimum atomic E-state index is -1.30. The van der Waals surface area contributed by atoms with Gasteiger partial charge in [-0.2, -0.15) is 0 Å². The number of carbonyl (C=O) groups is 2. The lowest BCUT2D eigenvalue weighted by Gasteiger charge is -2.25. The molecule has 0 radical (unpaired) electrons. The zero-order valence-electron chi connectivity index (χ0n) is 17.3. The Morgan fingerprint density at radius 1 is 1.00 bits per heavy atom. The molecule has 32 heavy (non-hydrogen) atoms. The maximum Gasteiger partial charge on any atom is 0.338 e. The smallest absolute Gasteiger partial charge is 0.338 e. The summed E-state index contributed by atoms with van der Waals surface area (Å²) in [7, 11) is 0. The van der Waals surface area contributed by atoms with Crippen molar-refractivity contribution >= 4 is 22.6 Å². The van der Waals surface area contributed by atoms with Gasteiger partial charge in [-0.3, -0.25) is 19.0 Å². The number of carboxylic acids is 1. The third-order valence-electron chi connectivity index (χ3n) is 5.84. The Balaban J connectivity index is 2.01. The van der Waals surface area contributed by atoms with Crippen molar-refractivity contribution < 1.29 is 19.8 Å². The van der Waals surface area contributed by atoms with E-state index in [4.69, 9.17) is 5.11 Å². The van der Waals surface area contributed by atoms with E-state index in [-0.39, 0.29) is 0 Å². The van der Waals surface area contributed by atoms with Crippen LogP contribution in [0.1, 0.15) is 48.5 Å². The van der Waals surface area contributed by atoms with Crippen LogP contribution in [0.25, 0.3) is 16.5 Å². The van der Waals surface area contributed by atoms with Crippen molar-refractivity contribution in [1.29, 1.82) is 0 Å². The summed E-state index contributed by atoms with van der Waals surface area (Å²) in [6.07, 6.45) is 3.88. The number of carboxylic acid groups (broad SMARTS) is 1. The van der Waals surface area contributed by atoms with E-state index in [0.29, 0.717) is 23.9 Å². The molecule has 4 rings (SSSR count). The Morgan fingerprint density at radius 3 is 2.41 bits per heavy atom. The first-order valence-electron chi connectivity index (χ1n) is 10.5. The fourth-order valence-corrected chi connectivity index (χ4v) is 4.34. The van der Waals surface area contributed by atoms with Crippen LogP contribution in [0.4, 0.5) is 0 Å². The summed E-state index contributed by atoms with van der Waals surface area (Å²) in [4.78, 5) is 50.4. The number of hydrogen-bond acceptors (Lipinski definition) is 5. The summed E-state index contributed by atoms with van der Waals surface area (Å²) in [6.45, 7) is -0.728. The van der Waals surface area contributed by atoms with E-state index >= 15 is 0 Å². The largest absolute Gasteiger partial charge is 0.493 e. The van der Waals surface area contributed by atoms with Crippen LogP contribution in [-0.2, 0) is 4.79 Å². The average molecular weight is 437 g/mol. The maximum absolute atomic E-state index is 13.5. The molecule has 1 aliphatic carbocycles. The van der Waals surface area contributed by atoms with Crippen molar-refractivity contribution in [2.75, 3.05) is 6.54 Å². The number of hydrogen-bond donors (Lipinski definition) is 3. The Morgan fingerprint density at radius 2 is 1.69 bits per heavy atom. The highest BCUT2D eigenvalue weighted by molar-refractivity contribution is 5.98. The minimum Gasteiger partial charge on any atom is -0.493 e. The number of nitrogens with zero attached hydrogens (tertiary/aromatic N) is 2. The number of aliphatic carboxylic acids is 1. The van der Waals surface area contributed by atoms with Crippen LogP contribution in [0.5, 0.6) is 5.88 Å².